The largest absolute Gasteiger partial charge is 0.478 e. The molecule has 1 rings (SSSR count). The highest BCUT2D eigenvalue weighted by Crippen LogP contribution is 2.09. The Morgan fingerprint density at radius 2 is 1.50 bits per heavy atom. The van der Waals surface area contributed by atoms with Gasteiger partial charge in [-0.25, -0.2) is 4.79 Å². The van der Waals surface area contributed by atoms with Gasteiger partial charge in [0.1, 0.15) is 0 Å². The standard InChI is InChI=1S/C8H14.C4H6O2/c1-2-4-6-8-7-5-3-1;1-3(2)4(5)6/h1-2H,3-8H2;1H2,2H3,(H,5,6). The van der Waals surface area contributed by atoms with Crippen LogP contribution in [0.2, 0.25) is 0 Å². The smallest absolute Gasteiger partial charge is 0.330 e. The zero-order chi connectivity index (χ0) is 10.8. The summed E-state index contributed by atoms with van der Waals surface area (Å²) >= 11 is 0. The molecule has 0 unspecified atom stereocenters. The Morgan fingerprint density at radius 3 is 1.79 bits per heavy atom. The van der Waals surface area contributed by atoms with Crippen LogP contribution >= 0.6 is 0 Å². The summed E-state index contributed by atoms with van der Waals surface area (Å²) in [6, 6.07) is 0. The van der Waals surface area contributed by atoms with Gasteiger partial charge >= 0.3 is 5.97 Å². The topological polar surface area (TPSA) is 37.3 Å². The van der Waals surface area contributed by atoms with Crippen molar-refractivity contribution in [2.75, 3.05) is 0 Å². The van der Waals surface area contributed by atoms with E-state index in [-0.39, 0.29) is 5.57 Å². The number of aliphatic carboxylic acids is 1. The van der Waals surface area contributed by atoms with Crippen molar-refractivity contribution in [2.24, 2.45) is 0 Å². The second kappa shape index (κ2) is 8.54. The maximum Gasteiger partial charge on any atom is 0.330 e. The minimum Gasteiger partial charge on any atom is -0.478 e. The van der Waals surface area contributed by atoms with Crippen molar-refractivity contribution < 1.29 is 9.90 Å². The highest BCUT2D eigenvalue weighted by molar-refractivity contribution is 5.84. The first-order chi connectivity index (χ1) is 6.64. The first kappa shape index (κ1) is 12.9. The second-order valence-electron chi connectivity index (χ2n) is 3.55. The van der Waals surface area contributed by atoms with Crippen LogP contribution in [0.5, 0.6) is 0 Å². The molecule has 1 N–H and O–H groups in total. The van der Waals surface area contributed by atoms with E-state index < -0.39 is 5.97 Å². The summed E-state index contributed by atoms with van der Waals surface area (Å²) < 4.78 is 0. The molecule has 2 heteroatoms. The lowest BCUT2D eigenvalue weighted by atomic mass is 10.1. The predicted molar refractivity (Wildman–Crippen MR) is 59.3 cm³/mol. The third kappa shape index (κ3) is 9.04. The SMILES string of the molecule is C1=CCCCCCC1.C=C(C)C(=O)O. The number of hydrogen-bond acceptors (Lipinski definition) is 1. The molecule has 0 aromatic heterocycles. The maximum absolute atomic E-state index is 9.60. The third-order valence-electron chi connectivity index (χ3n) is 2.02. The summed E-state index contributed by atoms with van der Waals surface area (Å²) in [7, 11) is 0. The van der Waals surface area contributed by atoms with E-state index in [1.807, 2.05) is 0 Å². The normalized spacial score (nSPS) is 15.8. The van der Waals surface area contributed by atoms with Crippen molar-refractivity contribution >= 4 is 5.97 Å². The predicted octanol–water partition coefficient (Wildman–Crippen LogP) is 3.54. The molecule has 0 saturated carbocycles. The van der Waals surface area contributed by atoms with Crippen LogP contribution in [0.15, 0.2) is 24.3 Å². The molecule has 0 amide bonds. The Labute approximate surface area is 86.3 Å². The third-order valence-corrected chi connectivity index (χ3v) is 2.02. The molecule has 0 atom stereocenters. The van der Waals surface area contributed by atoms with E-state index in [0.717, 1.165) is 0 Å². The van der Waals surface area contributed by atoms with Gasteiger partial charge in [-0.3, -0.25) is 0 Å². The first-order valence-corrected chi connectivity index (χ1v) is 5.18. The fourth-order valence-corrected chi connectivity index (χ4v) is 1.11. The monoisotopic (exact) mass is 196 g/mol. The fraction of sp³-hybridized carbons (Fsp3) is 0.583. The average Bonchev–Trinajstić information content (AvgIpc) is 2.03. The zero-order valence-corrected chi connectivity index (χ0v) is 8.96. The molecular formula is C12H20O2. The number of rotatable bonds is 1. The Morgan fingerprint density at radius 1 is 1.14 bits per heavy atom. The molecule has 0 saturated heterocycles. The quantitative estimate of drug-likeness (QED) is 0.514. The molecule has 0 fully saturated rings. The molecule has 0 radical (unpaired) electrons. The van der Waals surface area contributed by atoms with Gasteiger partial charge < -0.3 is 5.11 Å². The number of carboxylic acid groups (broad SMARTS) is 1. The minimum absolute atomic E-state index is 0.176. The highest BCUT2D eigenvalue weighted by atomic mass is 16.4. The summed E-state index contributed by atoms with van der Waals surface area (Å²) in [4.78, 5) is 9.60. The number of allylic oxidation sites excluding steroid dienone is 2. The summed E-state index contributed by atoms with van der Waals surface area (Å²) in [6.45, 7) is 4.60. The lowest BCUT2D eigenvalue weighted by molar-refractivity contribution is -0.132. The van der Waals surface area contributed by atoms with Gasteiger partial charge in [0.05, 0.1) is 0 Å². The van der Waals surface area contributed by atoms with Gasteiger partial charge in [0.2, 0.25) is 0 Å². The zero-order valence-electron chi connectivity index (χ0n) is 8.96. The van der Waals surface area contributed by atoms with Crippen LogP contribution < -0.4 is 0 Å². The molecule has 1 aliphatic carbocycles. The van der Waals surface area contributed by atoms with E-state index >= 15 is 0 Å². The lowest BCUT2D eigenvalue weighted by Gasteiger charge is -2.00. The van der Waals surface area contributed by atoms with Crippen LogP contribution in [0.1, 0.15) is 45.4 Å². The summed E-state index contributed by atoms with van der Waals surface area (Å²) in [5.74, 6) is -0.935. The molecule has 0 aromatic rings. The Hall–Kier alpha value is -1.05. The molecule has 0 aromatic carbocycles. The van der Waals surface area contributed by atoms with Crippen LogP contribution in [0, 0.1) is 0 Å². The van der Waals surface area contributed by atoms with E-state index in [0.29, 0.717) is 0 Å². The molecule has 1 aliphatic rings. The van der Waals surface area contributed by atoms with Gasteiger partial charge in [-0.05, 0) is 32.6 Å². The molecular weight excluding hydrogens is 176 g/mol. The Kier molecular flexibility index (Phi) is 7.90. The fourth-order valence-electron chi connectivity index (χ4n) is 1.11. The second-order valence-corrected chi connectivity index (χ2v) is 3.55. The van der Waals surface area contributed by atoms with Crippen LogP contribution in [0.25, 0.3) is 0 Å². The van der Waals surface area contributed by atoms with Crippen molar-refractivity contribution in [1.82, 2.24) is 0 Å². The van der Waals surface area contributed by atoms with E-state index in [1.165, 1.54) is 45.4 Å². The number of hydrogen-bond donors (Lipinski definition) is 1. The van der Waals surface area contributed by atoms with Crippen molar-refractivity contribution in [3.05, 3.63) is 24.3 Å². The molecule has 0 heterocycles. The molecule has 0 spiro atoms. The van der Waals surface area contributed by atoms with Crippen molar-refractivity contribution in [3.63, 3.8) is 0 Å². The average molecular weight is 196 g/mol. The first-order valence-electron chi connectivity index (χ1n) is 5.18. The lowest BCUT2D eigenvalue weighted by Crippen LogP contribution is -1.92. The van der Waals surface area contributed by atoms with Crippen LogP contribution in [-0.4, -0.2) is 11.1 Å². The molecule has 0 bridgehead atoms. The van der Waals surface area contributed by atoms with Gasteiger partial charge in [-0.15, -0.1) is 0 Å². The highest BCUT2D eigenvalue weighted by Gasteiger charge is 1.90. The van der Waals surface area contributed by atoms with Crippen LogP contribution in [-0.2, 0) is 4.79 Å². The van der Waals surface area contributed by atoms with E-state index in [1.54, 1.807) is 0 Å². The molecule has 80 valence electrons. The van der Waals surface area contributed by atoms with Gasteiger partial charge in [0, 0.05) is 5.57 Å². The summed E-state index contributed by atoms with van der Waals surface area (Å²) in [6.07, 6.45) is 13.0. The van der Waals surface area contributed by atoms with E-state index in [2.05, 4.69) is 18.7 Å². The van der Waals surface area contributed by atoms with Crippen molar-refractivity contribution in [3.8, 4) is 0 Å². The minimum atomic E-state index is -0.935. The van der Waals surface area contributed by atoms with Gasteiger partial charge in [0.15, 0.2) is 0 Å². The van der Waals surface area contributed by atoms with Crippen molar-refractivity contribution in [1.29, 1.82) is 0 Å². The summed E-state index contributed by atoms with van der Waals surface area (Å²) in [5.41, 5.74) is 0.176. The molecule has 2 nitrogen and oxygen atoms in total. The molecule has 14 heavy (non-hydrogen) atoms. The number of carboxylic acids is 1. The molecule has 0 aliphatic heterocycles. The van der Waals surface area contributed by atoms with E-state index in [4.69, 9.17) is 5.11 Å². The Bertz CT molecular complexity index is 182. The maximum atomic E-state index is 9.60. The Balaban J connectivity index is 0.000000255. The van der Waals surface area contributed by atoms with Gasteiger partial charge in [-0.2, -0.15) is 0 Å². The van der Waals surface area contributed by atoms with Crippen molar-refractivity contribution in [2.45, 2.75) is 45.4 Å². The van der Waals surface area contributed by atoms with E-state index in [9.17, 15) is 4.79 Å². The van der Waals surface area contributed by atoms with Crippen LogP contribution in [0.4, 0.5) is 0 Å². The van der Waals surface area contributed by atoms with Crippen LogP contribution in [0.3, 0.4) is 0 Å². The van der Waals surface area contributed by atoms with Gasteiger partial charge in [-0.1, -0.05) is 31.6 Å². The summed E-state index contributed by atoms with van der Waals surface area (Å²) in [5, 5.41) is 7.89. The van der Waals surface area contributed by atoms with Gasteiger partial charge in [0.25, 0.3) is 0 Å². The number of carbonyl (C=O) groups is 1.